The number of hydrazone groups is 1. The first-order valence-corrected chi connectivity index (χ1v) is 8.15. The number of anilines is 1. The number of phenolic OH excluding ortho intramolecular Hbond substituents is 1. The van der Waals surface area contributed by atoms with E-state index < -0.39 is 16.9 Å². The van der Waals surface area contributed by atoms with Crippen LogP contribution in [0.25, 0.3) is 0 Å². The number of benzene rings is 2. The van der Waals surface area contributed by atoms with Gasteiger partial charge < -0.3 is 19.9 Å². The SMILES string of the molecule is COc1ccccc1NC(C)C(=O)NN=Cc1cc([N+](=O)[O-])cc(OC)c1O. The van der Waals surface area contributed by atoms with Crippen LogP contribution >= 0.6 is 0 Å². The Morgan fingerprint density at radius 1 is 1.25 bits per heavy atom. The zero-order valence-corrected chi connectivity index (χ0v) is 15.5. The molecular weight excluding hydrogens is 368 g/mol. The molecule has 0 heterocycles. The van der Waals surface area contributed by atoms with E-state index in [1.165, 1.54) is 14.2 Å². The van der Waals surface area contributed by atoms with Crippen LogP contribution < -0.4 is 20.2 Å². The van der Waals surface area contributed by atoms with Crippen molar-refractivity contribution in [1.82, 2.24) is 5.43 Å². The topological polar surface area (TPSA) is 135 Å². The minimum atomic E-state index is -0.651. The highest BCUT2D eigenvalue weighted by atomic mass is 16.6. The van der Waals surface area contributed by atoms with Gasteiger partial charge in [0.15, 0.2) is 11.5 Å². The number of phenols is 1. The van der Waals surface area contributed by atoms with E-state index in [9.17, 15) is 20.0 Å². The van der Waals surface area contributed by atoms with Crippen LogP contribution in [-0.4, -0.2) is 42.4 Å². The maximum atomic E-state index is 12.2. The highest BCUT2D eigenvalue weighted by molar-refractivity contribution is 5.89. The molecule has 0 aliphatic heterocycles. The average Bonchev–Trinajstić information content (AvgIpc) is 2.69. The molecule has 0 aliphatic rings. The second kappa shape index (κ2) is 9.21. The van der Waals surface area contributed by atoms with E-state index in [2.05, 4.69) is 15.8 Å². The summed E-state index contributed by atoms with van der Waals surface area (Å²) in [5.74, 6) is -0.280. The van der Waals surface area contributed by atoms with Crippen LogP contribution in [0.2, 0.25) is 0 Å². The summed E-state index contributed by atoms with van der Waals surface area (Å²) in [6.07, 6.45) is 1.10. The number of hydrogen-bond donors (Lipinski definition) is 3. The Labute approximate surface area is 160 Å². The fourth-order valence-electron chi connectivity index (χ4n) is 2.30. The van der Waals surface area contributed by atoms with E-state index in [-0.39, 0.29) is 22.7 Å². The van der Waals surface area contributed by atoms with Crippen molar-refractivity contribution < 1.29 is 24.3 Å². The largest absolute Gasteiger partial charge is 0.504 e. The third-order valence-electron chi connectivity index (χ3n) is 3.77. The van der Waals surface area contributed by atoms with Gasteiger partial charge in [0.2, 0.25) is 0 Å². The summed E-state index contributed by atoms with van der Waals surface area (Å²) >= 11 is 0. The summed E-state index contributed by atoms with van der Waals surface area (Å²) < 4.78 is 10.1. The Bertz CT molecular complexity index is 900. The predicted molar refractivity (Wildman–Crippen MR) is 103 cm³/mol. The van der Waals surface area contributed by atoms with Crippen molar-refractivity contribution in [1.29, 1.82) is 0 Å². The number of rotatable bonds is 8. The van der Waals surface area contributed by atoms with Gasteiger partial charge in [-0.15, -0.1) is 0 Å². The van der Waals surface area contributed by atoms with Crippen LogP contribution in [-0.2, 0) is 4.79 Å². The van der Waals surface area contributed by atoms with E-state index in [0.717, 1.165) is 18.3 Å². The summed E-state index contributed by atoms with van der Waals surface area (Å²) in [5, 5.41) is 27.8. The molecule has 1 atom stereocenters. The monoisotopic (exact) mass is 388 g/mol. The summed E-state index contributed by atoms with van der Waals surface area (Å²) in [6.45, 7) is 1.63. The van der Waals surface area contributed by atoms with Gasteiger partial charge in [-0.3, -0.25) is 14.9 Å². The quantitative estimate of drug-likeness (QED) is 0.358. The molecule has 0 aromatic heterocycles. The normalized spacial score (nSPS) is 11.7. The Kier molecular flexibility index (Phi) is 6.74. The van der Waals surface area contributed by atoms with Gasteiger partial charge in [-0.1, -0.05) is 12.1 Å². The van der Waals surface area contributed by atoms with Gasteiger partial charge in [0, 0.05) is 11.6 Å². The molecule has 0 radical (unpaired) electrons. The van der Waals surface area contributed by atoms with Crippen molar-refractivity contribution in [3.05, 3.63) is 52.1 Å². The number of nitro benzene ring substituents is 1. The minimum absolute atomic E-state index is 0.0247. The lowest BCUT2D eigenvalue weighted by Crippen LogP contribution is -2.35. The summed E-state index contributed by atoms with van der Waals surface area (Å²) in [4.78, 5) is 22.5. The van der Waals surface area contributed by atoms with Crippen molar-refractivity contribution in [2.24, 2.45) is 5.10 Å². The maximum Gasteiger partial charge on any atom is 0.274 e. The second-order valence-corrected chi connectivity index (χ2v) is 5.64. The van der Waals surface area contributed by atoms with E-state index in [1.807, 2.05) is 0 Å². The molecule has 2 aromatic rings. The van der Waals surface area contributed by atoms with Crippen molar-refractivity contribution in [2.75, 3.05) is 19.5 Å². The zero-order chi connectivity index (χ0) is 20.7. The summed E-state index contributed by atoms with van der Waals surface area (Å²) in [7, 11) is 2.79. The summed E-state index contributed by atoms with van der Waals surface area (Å²) in [6, 6.07) is 8.67. The van der Waals surface area contributed by atoms with Gasteiger partial charge in [-0.05, 0) is 19.1 Å². The van der Waals surface area contributed by atoms with Crippen molar-refractivity contribution in [2.45, 2.75) is 13.0 Å². The van der Waals surface area contributed by atoms with Gasteiger partial charge in [0.05, 0.1) is 37.1 Å². The van der Waals surface area contributed by atoms with Crippen molar-refractivity contribution >= 4 is 23.5 Å². The molecule has 0 saturated carbocycles. The molecule has 10 heteroatoms. The molecule has 2 aromatic carbocycles. The van der Waals surface area contributed by atoms with Crippen LogP contribution in [0, 0.1) is 10.1 Å². The number of ether oxygens (including phenoxy) is 2. The van der Waals surface area contributed by atoms with E-state index in [0.29, 0.717) is 11.4 Å². The van der Waals surface area contributed by atoms with Gasteiger partial charge in [-0.25, -0.2) is 5.43 Å². The number of para-hydroxylation sites is 2. The fraction of sp³-hybridized carbons (Fsp3) is 0.222. The molecular formula is C18H20N4O6. The fourth-order valence-corrected chi connectivity index (χ4v) is 2.30. The number of nitrogens with one attached hydrogen (secondary N) is 2. The van der Waals surface area contributed by atoms with Crippen LogP contribution in [0.5, 0.6) is 17.2 Å². The zero-order valence-electron chi connectivity index (χ0n) is 15.5. The number of carbonyl (C=O) groups is 1. The number of amides is 1. The lowest BCUT2D eigenvalue weighted by molar-refractivity contribution is -0.385. The van der Waals surface area contributed by atoms with Crippen molar-refractivity contribution in [3.8, 4) is 17.2 Å². The van der Waals surface area contributed by atoms with E-state index in [4.69, 9.17) is 9.47 Å². The number of hydrogen-bond acceptors (Lipinski definition) is 8. The van der Waals surface area contributed by atoms with E-state index in [1.54, 1.807) is 31.2 Å². The Morgan fingerprint density at radius 3 is 2.57 bits per heavy atom. The molecule has 10 nitrogen and oxygen atoms in total. The third kappa shape index (κ3) is 4.87. The molecule has 28 heavy (non-hydrogen) atoms. The lowest BCUT2D eigenvalue weighted by atomic mass is 10.2. The van der Waals surface area contributed by atoms with Gasteiger partial charge in [0.1, 0.15) is 11.8 Å². The highest BCUT2D eigenvalue weighted by Gasteiger charge is 2.17. The molecule has 2 rings (SSSR count). The molecule has 0 spiro atoms. The first kappa shape index (κ1) is 20.5. The number of nitro groups is 1. The number of carbonyl (C=O) groups excluding carboxylic acids is 1. The molecule has 0 bridgehead atoms. The third-order valence-corrected chi connectivity index (χ3v) is 3.77. The van der Waals surface area contributed by atoms with Crippen LogP contribution in [0.1, 0.15) is 12.5 Å². The molecule has 148 valence electrons. The Balaban J connectivity index is 2.08. The standard InChI is InChI=1S/C18H20N4O6/c1-11(20-14-6-4-5-7-15(14)27-2)18(24)21-19-10-12-8-13(22(25)26)9-16(28-3)17(12)23/h4-11,20,23H,1-3H3,(H,21,24). The van der Waals surface area contributed by atoms with Gasteiger partial charge in [0.25, 0.3) is 11.6 Å². The van der Waals surface area contributed by atoms with Crippen LogP contribution in [0.3, 0.4) is 0 Å². The second-order valence-electron chi connectivity index (χ2n) is 5.64. The number of non-ortho nitro benzene ring substituents is 1. The lowest BCUT2D eigenvalue weighted by Gasteiger charge is -2.15. The maximum absolute atomic E-state index is 12.2. The minimum Gasteiger partial charge on any atom is -0.504 e. The predicted octanol–water partition coefficient (Wildman–Crippen LogP) is 2.27. The number of methoxy groups -OCH3 is 2. The van der Waals surface area contributed by atoms with Gasteiger partial charge in [-0.2, -0.15) is 5.10 Å². The molecule has 0 aliphatic carbocycles. The van der Waals surface area contributed by atoms with Gasteiger partial charge >= 0.3 is 0 Å². The Hall–Kier alpha value is -3.82. The number of nitrogens with zero attached hydrogens (tertiary/aromatic N) is 2. The van der Waals surface area contributed by atoms with Crippen molar-refractivity contribution in [3.63, 3.8) is 0 Å². The number of aromatic hydroxyl groups is 1. The summed E-state index contributed by atoms with van der Waals surface area (Å²) in [5.41, 5.74) is 2.69. The van der Waals surface area contributed by atoms with Crippen LogP contribution in [0.4, 0.5) is 11.4 Å². The molecule has 1 amide bonds. The smallest absolute Gasteiger partial charge is 0.274 e. The first-order chi connectivity index (χ1) is 13.4. The molecule has 0 saturated heterocycles. The highest BCUT2D eigenvalue weighted by Crippen LogP contribution is 2.33. The molecule has 1 unspecified atom stereocenters. The van der Waals surface area contributed by atoms with E-state index >= 15 is 0 Å². The first-order valence-electron chi connectivity index (χ1n) is 8.15. The molecule has 0 fully saturated rings. The Morgan fingerprint density at radius 2 is 1.93 bits per heavy atom. The average molecular weight is 388 g/mol. The molecule has 3 N–H and O–H groups in total. The van der Waals surface area contributed by atoms with Crippen LogP contribution in [0.15, 0.2) is 41.5 Å².